The van der Waals surface area contributed by atoms with E-state index >= 15 is 4.39 Å². The first-order chi connectivity index (χ1) is 14.4. The minimum absolute atomic E-state index is 0.0893. The summed E-state index contributed by atoms with van der Waals surface area (Å²) in [5.74, 6) is -3.34. The van der Waals surface area contributed by atoms with Crippen molar-refractivity contribution in [3.8, 4) is 0 Å². The number of carbonyl (C=O) groups excluding carboxylic acids is 3. The smallest absolute Gasteiger partial charge is 0.311 e. The zero-order valence-corrected chi connectivity index (χ0v) is 19.5. The molecule has 0 amide bonds. The molecule has 2 bridgehead atoms. The number of aliphatic hydroxyl groups is 1. The molecule has 0 aliphatic carbocycles. The lowest BCUT2D eigenvalue weighted by Gasteiger charge is -2.34. The summed E-state index contributed by atoms with van der Waals surface area (Å²) in [6, 6.07) is 0. The number of fused-ring (bicyclic) bond motifs is 2. The van der Waals surface area contributed by atoms with Crippen molar-refractivity contribution in [1.29, 1.82) is 0 Å². The molecule has 2 aliphatic rings. The molecule has 0 radical (unpaired) electrons. The van der Waals surface area contributed by atoms with Gasteiger partial charge in [0.05, 0.1) is 18.1 Å². The van der Waals surface area contributed by atoms with Gasteiger partial charge in [-0.05, 0) is 46.0 Å². The zero-order valence-electron chi connectivity index (χ0n) is 19.5. The lowest BCUT2D eigenvalue weighted by molar-refractivity contribution is -0.180. The molecule has 8 atom stereocenters. The highest BCUT2D eigenvalue weighted by Gasteiger charge is 2.55. The van der Waals surface area contributed by atoms with E-state index in [0.29, 0.717) is 6.61 Å². The quantitative estimate of drug-likeness (QED) is 0.514. The minimum Gasteiger partial charge on any atom is -0.459 e. The van der Waals surface area contributed by atoms with Gasteiger partial charge in [-0.3, -0.25) is 14.4 Å². The van der Waals surface area contributed by atoms with Crippen molar-refractivity contribution in [2.45, 2.75) is 109 Å². The molecule has 0 aromatic heterocycles. The molecular weight excluding hydrogens is 407 g/mol. The van der Waals surface area contributed by atoms with E-state index in [1.54, 1.807) is 27.7 Å². The van der Waals surface area contributed by atoms with E-state index in [-0.39, 0.29) is 25.0 Å². The normalized spacial score (nSPS) is 42.5. The van der Waals surface area contributed by atoms with Crippen molar-refractivity contribution in [2.24, 2.45) is 11.8 Å². The summed E-state index contributed by atoms with van der Waals surface area (Å²) < 4.78 is 32.4. The fourth-order valence-corrected chi connectivity index (χ4v) is 4.46. The van der Waals surface area contributed by atoms with Gasteiger partial charge < -0.3 is 19.3 Å². The molecule has 31 heavy (non-hydrogen) atoms. The average Bonchev–Trinajstić information content (AvgIpc) is 3.04. The number of esters is 1. The Balaban J connectivity index is 2.46. The van der Waals surface area contributed by atoms with Gasteiger partial charge >= 0.3 is 5.97 Å². The molecule has 0 spiro atoms. The van der Waals surface area contributed by atoms with Crippen LogP contribution in [-0.2, 0) is 28.6 Å². The highest BCUT2D eigenvalue weighted by Crippen LogP contribution is 2.40. The SMILES string of the molecule is CCCCO[C@H]1CC(=O)[C@@]2(C)C[C@@H](C)[C@H](O2)[C@@H](F)C(=O)[C@](C)(O)[C@@H](CC)OC(=O)[C@@H]1C. The molecule has 0 saturated carbocycles. The standard InChI is InChI=1S/C23H37FO7/c1-7-9-10-29-15-11-16(25)22(5)12-13(3)19(31-22)18(24)20(26)23(6,28)17(8-2)30-21(27)14(15)4/h13-15,17-19,28H,7-12H2,1-6H3/t13-,14-,15+,17-,18-,19+,22-,23-/m1/s1. The number of carbonyl (C=O) groups is 3. The summed E-state index contributed by atoms with van der Waals surface area (Å²) in [5.41, 5.74) is -3.53. The van der Waals surface area contributed by atoms with Crippen LogP contribution in [0.5, 0.6) is 0 Å². The number of hydrogen-bond acceptors (Lipinski definition) is 7. The maximum Gasteiger partial charge on any atom is 0.311 e. The lowest BCUT2D eigenvalue weighted by atomic mass is 9.83. The van der Waals surface area contributed by atoms with Gasteiger partial charge in [0.2, 0.25) is 5.78 Å². The molecule has 0 aromatic rings. The van der Waals surface area contributed by atoms with Gasteiger partial charge in [0.15, 0.2) is 17.6 Å². The fourth-order valence-electron chi connectivity index (χ4n) is 4.46. The van der Waals surface area contributed by atoms with Gasteiger partial charge in [-0.25, -0.2) is 4.39 Å². The molecule has 2 heterocycles. The second-order valence-electron chi connectivity index (χ2n) is 9.42. The number of hydrogen-bond donors (Lipinski definition) is 1. The number of alkyl halides is 1. The maximum absolute atomic E-state index is 15.3. The molecule has 7 nitrogen and oxygen atoms in total. The highest BCUT2D eigenvalue weighted by molar-refractivity contribution is 5.93. The third-order valence-corrected chi connectivity index (χ3v) is 6.70. The molecule has 1 N–H and O–H groups in total. The van der Waals surface area contributed by atoms with Crippen LogP contribution in [0.15, 0.2) is 0 Å². The number of ketones is 2. The molecule has 2 saturated heterocycles. The first-order valence-electron chi connectivity index (χ1n) is 11.3. The predicted octanol–water partition coefficient (Wildman–Crippen LogP) is 2.94. The summed E-state index contributed by atoms with van der Waals surface area (Å²) >= 11 is 0. The van der Waals surface area contributed by atoms with E-state index < -0.39 is 59.3 Å². The second kappa shape index (κ2) is 10.0. The number of halogens is 1. The Labute approximate surface area is 184 Å². The van der Waals surface area contributed by atoms with Gasteiger partial charge in [-0.1, -0.05) is 27.2 Å². The van der Waals surface area contributed by atoms with Crippen LogP contribution in [-0.4, -0.2) is 64.9 Å². The molecule has 2 aliphatic heterocycles. The van der Waals surface area contributed by atoms with Gasteiger partial charge in [-0.2, -0.15) is 0 Å². The van der Waals surface area contributed by atoms with Crippen LogP contribution in [0.1, 0.15) is 73.6 Å². The van der Waals surface area contributed by atoms with Crippen molar-refractivity contribution in [3.05, 3.63) is 0 Å². The van der Waals surface area contributed by atoms with E-state index in [9.17, 15) is 19.5 Å². The molecule has 0 unspecified atom stereocenters. The van der Waals surface area contributed by atoms with E-state index in [2.05, 4.69) is 0 Å². The fraction of sp³-hybridized carbons (Fsp3) is 0.870. The molecule has 2 rings (SSSR count). The van der Waals surface area contributed by atoms with Crippen molar-refractivity contribution in [3.63, 3.8) is 0 Å². The van der Waals surface area contributed by atoms with Crippen molar-refractivity contribution >= 4 is 17.5 Å². The maximum atomic E-state index is 15.3. The highest BCUT2D eigenvalue weighted by atomic mass is 19.1. The van der Waals surface area contributed by atoms with Crippen LogP contribution < -0.4 is 0 Å². The number of ether oxygens (including phenoxy) is 3. The Hall–Kier alpha value is -1.38. The Morgan fingerprint density at radius 1 is 1.19 bits per heavy atom. The van der Waals surface area contributed by atoms with Gasteiger partial charge in [0.25, 0.3) is 0 Å². The Kier molecular flexibility index (Phi) is 8.39. The number of cyclic esters (lactones) is 1. The van der Waals surface area contributed by atoms with E-state index in [1.165, 1.54) is 0 Å². The Morgan fingerprint density at radius 3 is 2.42 bits per heavy atom. The van der Waals surface area contributed by atoms with Crippen LogP contribution in [0.2, 0.25) is 0 Å². The van der Waals surface area contributed by atoms with E-state index in [4.69, 9.17) is 14.2 Å². The van der Waals surface area contributed by atoms with Crippen LogP contribution in [0.3, 0.4) is 0 Å². The van der Waals surface area contributed by atoms with Crippen molar-refractivity contribution in [1.82, 2.24) is 0 Å². The average molecular weight is 445 g/mol. The van der Waals surface area contributed by atoms with E-state index in [0.717, 1.165) is 19.8 Å². The Bertz CT molecular complexity index is 679. The lowest BCUT2D eigenvalue weighted by Crippen LogP contribution is -2.55. The second-order valence-corrected chi connectivity index (χ2v) is 9.42. The molecule has 8 heteroatoms. The summed E-state index contributed by atoms with van der Waals surface area (Å²) in [6.45, 7) is 10.1. The summed E-state index contributed by atoms with van der Waals surface area (Å²) in [6.07, 6.45) is -3.38. The van der Waals surface area contributed by atoms with Crippen molar-refractivity contribution < 1.29 is 38.1 Å². The monoisotopic (exact) mass is 444 g/mol. The van der Waals surface area contributed by atoms with Crippen LogP contribution >= 0.6 is 0 Å². The zero-order chi connectivity index (χ0) is 23.6. The number of unbranched alkanes of at least 4 members (excludes halogenated alkanes) is 1. The van der Waals surface area contributed by atoms with E-state index in [1.807, 2.05) is 6.92 Å². The topological polar surface area (TPSA) is 99.1 Å². The Morgan fingerprint density at radius 2 is 1.84 bits per heavy atom. The molecule has 2 fully saturated rings. The molecular formula is C23H37FO7. The number of rotatable bonds is 5. The molecule has 0 aromatic carbocycles. The summed E-state index contributed by atoms with van der Waals surface area (Å²) in [5, 5.41) is 10.9. The van der Waals surface area contributed by atoms with Crippen LogP contribution in [0, 0.1) is 11.8 Å². The summed E-state index contributed by atoms with van der Waals surface area (Å²) in [4.78, 5) is 38.9. The predicted molar refractivity (Wildman–Crippen MR) is 111 cm³/mol. The molecule has 178 valence electrons. The van der Waals surface area contributed by atoms with Crippen LogP contribution in [0.4, 0.5) is 4.39 Å². The van der Waals surface area contributed by atoms with Gasteiger partial charge in [-0.15, -0.1) is 0 Å². The summed E-state index contributed by atoms with van der Waals surface area (Å²) in [7, 11) is 0. The first-order valence-corrected chi connectivity index (χ1v) is 11.3. The van der Waals surface area contributed by atoms with Gasteiger partial charge in [0, 0.05) is 13.0 Å². The third kappa shape index (κ3) is 5.34. The van der Waals surface area contributed by atoms with Gasteiger partial charge in [0.1, 0.15) is 11.7 Å². The number of Topliss-reactive ketones (excluding diaryl/α,β-unsaturated/α-hetero) is 2. The van der Waals surface area contributed by atoms with Crippen molar-refractivity contribution in [2.75, 3.05) is 6.61 Å². The minimum atomic E-state index is -2.23. The third-order valence-electron chi connectivity index (χ3n) is 6.70. The first kappa shape index (κ1) is 25.9. The largest absolute Gasteiger partial charge is 0.459 e. The van der Waals surface area contributed by atoms with Crippen LogP contribution in [0.25, 0.3) is 0 Å².